The fraction of sp³-hybridized carbons (Fsp3) is 0.857. The van der Waals surface area contributed by atoms with E-state index in [0.29, 0.717) is 6.42 Å². The lowest BCUT2D eigenvalue weighted by molar-refractivity contribution is -0.118. The van der Waals surface area contributed by atoms with Crippen LogP contribution in [0.3, 0.4) is 0 Å². The molecule has 0 bridgehead atoms. The van der Waals surface area contributed by atoms with Gasteiger partial charge >= 0.3 is 0 Å². The van der Waals surface area contributed by atoms with E-state index < -0.39 is 0 Å². The lowest BCUT2D eigenvalue weighted by atomic mass is 9.92. The molecule has 0 aliphatic heterocycles. The van der Waals surface area contributed by atoms with Gasteiger partial charge in [0.1, 0.15) is 5.78 Å². The fourth-order valence-corrected chi connectivity index (χ4v) is 1.38. The van der Waals surface area contributed by atoms with Gasteiger partial charge in [-0.25, -0.2) is 0 Å². The van der Waals surface area contributed by atoms with Crippen molar-refractivity contribution in [3.8, 4) is 0 Å². The summed E-state index contributed by atoms with van der Waals surface area (Å²) in [6, 6.07) is -0.181. The van der Waals surface area contributed by atoms with E-state index in [4.69, 9.17) is 5.73 Å². The predicted molar refractivity (Wildman–Crippen MR) is 36.0 cm³/mol. The van der Waals surface area contributed by atoms with E-state index in [1.54, 1.807) is 0 Å². The standard InChI is InChI=1S/C7H13NO/c1-7(2)3-5(8)6(9)4-7/h5H,3-4,8H2,1-2H3/t5-/m0/s1. The molecule has 52 valence electrons. The van der Waals surface area contributed by atoms with Crippen LogP contribution in [0.5, 0.6) is 0 Å². The molecule has 1 aliphatic carbocycles. The third kappa shape index (κ3) is 1.30. The smallest absolute Gasteiger partial charge is 0.150 e. The average molecular weight is 127 g/mol. The summed E-state index contributed by atoms with van der Waals surface area (Å²) in [5.74, 6) is 0.222. The minimum absolute atomic E-state index is 0.163. The first kappa shape index (κ1) is 6.75. The summed E-state index contributed by atoms with van der Waals surface area (Å²) in [6.07, 6.45) is 1.51. The van der Waals surface area contributed by atoms with Crippen molar-refractivity contribution in [3.63, 3.8) is 0 Å². The van der Waals surface area contributed by atoms with Crippen LogP contribution in [0.25, 0.3) is 0 Å². The van der Waals surface area contributed by atoms with Crippen molar-refractivity contribution in [1.82, 2.24) is 0 Å². The van der Waals surface area contributed by atoms with Crippen molar-refractivity contribution in [1.29, 1.82) is 0 Å². The molecular weight excluding hydrogens is 114 g/mol. The number of nitrogens with two attached hydrogens (primary N) is 1. The van der Waals surface area contributed by atoms with E-state index in [2.05, 4.69) is 13.8 Å². The summed E-state index contributed by atoms with van der Waals surface area (Å²) < 4.78 is 0. The highest BCUT2D eigenvalue weighted by molar-refractivity contribution is 5.86. The molecule has 0 radical (unpaired) electrons. The van der Waals surface area contributed by atoms with Crippen LogP contribution >= 0.6 is 0 Å². The normalized spacial score (nSPS) is 33.2. The third-order valence-electron chi connectivity index (χ3n) is 1.84. The van der Waals surface area contributed by atoms with Gasteiger partial charge in [-0.05, 0) is 11.8 Å². The molecular formula is C7H13NO. The summed E-state index contributed by atoms with van der Waals surface area (Å²) in [5, 5.41) is 0. The Morgan fingerprint density at radius 2 is 2.22 bits per heavy atom. The lowest BCUT2D eigenvalue weighted by Crippen LogP contribution is -2.24. The van der Waals surface area contributed by atoms with Gasteiger partial charge in [-0.3, -0.25) is 4.79 Å². The van der Waals surface area contributed by atoms with Gasteiger partial charge in [0.2, 0.25) is 0 Å². The molecule has 1 saturated carbocycles. The molecule has 0 spiro atoms. The number of ketones is 1. The first-order valence-corrected chi connectivity index (χ1v) is 3.30. The van der Waals surface area contributed by atoms with Gasteiger partial charge in [-0.1, -0.05) is 13.8 Å². The van der Waals surface area contributed by atoms with Gasteiger partial charge in [0.05, 0.1) is 6.04 Å². The zero-order valence-corrected chi connectivity index (χ0v) is 5.98. The second-order valence-electron chi connectivity index (χ2n) is 3.62. The molecule has 0 aromatic carbocycles. The topological polar surface area (TPSA) is 43.1 Å². The highest BCUT2D eigenvalue weighted by Crippen LogP contribution is 2.33. The third-order valence-corrected chi connectivity index (χ3v) is 1.84. The highest BCUT2D eigenvalue weighted by Gasteiger charge is 2.35. The van der Waals surface area contributed by atoms with Crippen molar-refractivity contribution in [2.24, 2.45) is 11.1 Å². The molecule has 0 saturated heterocycles. The first-order valence-electron chi connectivity index (χ1n) is 3.30. The number of carbonyl (C=O) groups is 1. The quantitative estimate of drug-likeness (QED) is 0.520. The molecule has 0 unspecified atom stereocenters. The van der Waals surface area contributed by atoms with Crippen LogP contribution in [0.15, 0.2) is 0 Å². The largest absolute Gasteiger partial charge is 0.321 e. The van der Waals surface area contributed by atoms with Crippen LogP contribution in [0.1, 0.15) is 26.7 Å². The number of hydrogen-bond acceptors (Lipinski definition) is 2. The lowest BCUT2D eigenvalue weighted by Gasteiger charge is -2.13. The Balaban J connectivity index is 2.65. The molecule has 0 aromatic rings. The van der Waals surface area contributed by atoms with Gasteiger partial charge in [0.15, 0.2) is 0 Å². The van der Waals surface area contributed by atoms with Crippen LogP contribution in [0.2, 0.25) is 0 Å². The van der Waals surface area contributed by atoms with Crippen molar-refractivity contribution >= 4 is 5.78 Å². The first-order chi connectivity index (χ1) is 4.01. The zero-order chi connectivity index (χ0) is 7.07. The maximum Gasteiger partial charge on any atom is 0.150 e. The molecule has 2 N–H and O–H groups in total. The second kappa shape index (κ2) is 1.81. The molecule has 1 rings (SSSR count). The Morgan fingerprint density at radius 1 is 1.67 bits per heavy atom. The molecule has 1 atom stereocenters. The highest BCUT2D eigenvalue weighted by atomic mass is 16.1. The van der Waals surface area contributed by atoms with Crippen LogP contribution < -0.4 is 5.73 Å². The zero-order valence-electron chi connectivity index (χ0n) is 5.98. The van der Waals surface area contributed by atoms with Gasteiger partial charge in [-0.15, -0.1) is 0 Å². The number of rotatable bonds is 0. The predicted octanol–water partition coefficient (Wildman–Crippen LogP) is 0.703. The second-order valence-corrected chi connectivity index (χ2v) is 3.62. The molecule has 0 heterocycles. The van der Waals surface area contributed by atoms with Crippen molar-refractivity contribution in [2.75, 3.05) is 0 Å². The van der Waals surface area contributed by atoms with Crippen molar-refractivity contribution < 1.29 is 4.79 Å². The Kier molecular flexibility index (Phi) is 1.35. The summed E-state index contributed by atoms with van der Waals surface area (Å²) >= 11 is 0. The molecule has 2 heteroatoms. The van der Waals surface area contributed by atoms with Crippen molar-refractivity contribution in [3.05, 3.63) is 0 Å². The fourth-order valence-electron chi connectivity index (χ4n) is 1.38. The van der Waals surface area contributed by atoms with E-state index in [-0.39, 0.29) is 17.2 Å². The summed E-state index contributed by atoms with van der Waals surface area (Å²) in [5.41, 5.74) is 5.67. The van der Waals surface area contributed by atoms with Gasteiger partial charge in [0.25, 0.3) is 0 Å². The van der Waals surface area contributed by atoms with Crippen LogP contribution in [0.4, 0.5) is 0 Å². The maximum absolute atomic E-state index is 10.9. The molecule has 9 heavy (non-hydrogen) atoms. The SMILES string of the molecule is CC1(C)CC(=O)[C@@H](N)C1. The summed E-state index contributed by atoms with van der Waals surface area (Å²) in [7, 11) is 0. The minimum Gasteiger partial charge on any atom is -0.321 e. The van der Waals surface area contributed by atoms with Gasteiger partial charge in [0, 0.05) is 6.42 Å². The van der Waals surface area contributed by atoms with Gasteiger partial charge in [-0.2, -0.15) is 0 Å². The average Bonchev–Trinajstić information content (AvgIpc) is 1.79. The number of Topliss-reactive ketones (excluding diaryl/α,β-unsaturated/α-hetero) is 1. The minimum atomic E-state index is -0.181. The van der Waals surface area contributed by atoms with E-state index in [1.807, 2.05) is 0 Å². The maximum atomic E-state index is 10.9. The molecule has 2 nitrogen and oxygen atoms in total. The van der Waals surface area contributed by atoms with Crippen molar-refractivity contribution in [2.45, 2.75) is 32.7 Å². The van der Waals surface area contributed by atoms with E-state index in [1.165, 1.54) is 0 Å². The molecule has 1 fully saturated rings. The van der Waals surface area contributed by atoms with Crippen LogP contribution in [0, 0.1) is 5.41 Å². The van der Waals surface area contributed by atoms with Crippen LogP contribution in [-0.4, -0.2) is 11.8 Å². The Hall–Kier alpha value is -0.370. The Morgan fingerprint density at radius 3 is 2.33 bits per heavy atom. The Labute approximate surface area is 55.4 Å². The summed E-state index contributed by atoms with van der Waals surface area (Å²) in [4.78, 5) is 10.9. The molecule has 1 aliphatic rings. The molecule has 0 aromatic heterocycles. The van der Waals surface area contributed by atoms with Gasteiger partial charge < -0.3 is 5.73 Å². The van der Waals surface area contributed by atoms with Crippen LogP contribution in [-0.2, 0) is 4.79 Å². The molecule has 0 amide bonds. The monoisotopic (exact) mass is 127 g/mol. The summed E-state index contributed by atoms with van der Waals surface area (Å²) in [6.45, 7) is 4.16. The van der Waals surface area contributed by atoms with E-state index in [0.717, 1.165) is 6.42 Å². The van der Waals surface area contributed by atoms with E-state index in [9.17, 15) is 4.79 Å². The number of hydrogen-bond donors (Lipinski definition) is 1. The Bertz CT molecular complexity index is 140. The number of carbonyl (C=O) groups excluding carboxylic acids is 1. The van der Waals surface area contributed by atoms with E-state index >= 15 is 0 Å².